The Bertz CT molecular complexity index is 538. The summed E-state index contributed by atoms with van der Waals surface area (Å²) in [5, 5.41) is 3.93. The van der Waals surface area contributed by atoms with E-state index in [0.29, 0.717) is 5.57 Å². The largest absolute Gasteiger partial charge is 0.466 e. The fraction of sp³-hybridized carbons (Fsp3) is 0.286. The van der Waals surface area contributed by atoms with Crippen LogP contribution < -0.4 is 5.32 Å². The van der Waals surface area contributed by atoms with E-state index in [9.17, 15) is 4.79 Å². The van der Waals surface area contributed by atoms with Gasteiger partial charge in [0, 0.05) is 5.70 Å². The van der Waals surface area contributed by atoms with Gasteiger partial charge in [0.2, 0.25) is 0 Å². The lowest BCUT2D eigenvalue weighted by Gasteiger charge is -2.24. The number of ether oxygens (including phenoxy) is 1. The van der Waals surface area contributed by atoms with Gasteiger partial charge in [-0.15, -0.1) is 0 Å². The zero-order valence-corrected chi connectivity index (χ0v) is 12.0. The van der Waals surface area contributed by atoms with Crippen molar-refractivity contribution in [3.05, 3.63) is 47.2 Å². The molecule has 1 heterocycles. The predicted octanol–water partition coefficient (Wildman–Crippen LogP) is 2.50. The van der Waals surface area contributed by atoms with E-state index in [0.717, 1.165) is 16.4 Å². The highest BCUT2D eigenvalue weighted by Crippen LogP contribution is 2.32. The lowest BCUT2D eigenvalue weighted by Crippen LogP contribution is -2.30. The molecule has 2 rings (SSSR count). The number of amidine groups is 1. The second-order valence-electron chi connectivity index (χ2n) is 4.11. The van der Waals surface area contributed by atoms with Gasteiger partial charge in [0.25, 0.3) is 0 Å². The zero-order valence-electron chi connectivity index (χ0n) is 11.1. The first-order valence-electron chi connectivity index (χ1n) is 5.90. The third-order valence-electron chi connectivity index (χ3n) is 2.93. The summed E-state index contributed by atoms with van der Waals surface area (Å²) in [6, 6.07) is 9.45. The number of aliphatic imine (C=N–C) groups is 1. The average molecular weight is 276 g/mol. The number of hydrogen-bond acceptors (Lipinski definition) is 5. The second kappa shape index (κ2) is 5.93. The number of nitrogens with zero attached hydrogens (tertiary/aromatic N) is 1. The Labute approximate surface area is 116 Å². The Morgan fingerprint density at radius 3 is 2.63 bits per heavy atom. The summed E-state index contributed by atoms with van der Waals surface area (Å²) in [5.74, 6) is -0.345. The van der Waals surface area contributed by atoms with Gasteiger partial charge in [0.15, 0.2) is 5.17 Å². The van der Waals surface area contributed by atoms with Gasteiger partial charge in [-0.1, -0.05) is 42.1 Å². The highest BCUT2D eigenvalue weighted by Gasteiger charge is 2.29. The van der Waals surface area contributed by atoms with E-state index in [1.807, 2.05) is 43.5 Å². The molecule has 5 heteroatoms. The molecule has 0 bridgehead atoms. The second-order valence-corrected chi connectivity index (χ2v) is 4.90. The standard InChI is InChI=1S/C14H16N2O2S/c1-9-11(13(17)18-2)12(16-14(15-9)19-3)10-7-5-4-6-8-10/h4-8,12H,1-3H3,(H,15,16). The molecule has 0 spiro atoms. The number of esters is 1. The van der Waals surface area contributed by atoms with Gasteiger partial charge in [-0.3, -0.25) is 0 Å². The van der Waals surface area contributed by atoms with Crippen LogP contribution >= 0.6 is 11.8 Å². The van der Waals surface area contributed by atoms with Gasteiger partial charge < -0.3 is 10.1 Å². The quantitative estimate of drug-likeness (QED) is 0.843. The van der Waals surface area contributed by atoms with Crippen LogP contribution in [0.25, 0.3) is 0 Å². The summed E-state index contributed by atoms with van der Waals surface area (Å²) in [6.07, 6.45) is 1.95. The zero-order chi connectivity index (χ0) is 13.8. The maximum atomic E-state index is 12.0. The van der Waals surface area contributed by atoms with Gasteiger partial charge in [0.1, 0.15) is 6.04 Å². The van der Waals surface area contributed by atoms with Crippen LogP contribution in [0.1, 0.15) is 18.5 Å². The van der Waals surface area contributed by atoms with Gasteiger partial charge in [0.05, 0.1) is 12.7 Å². The molecule has 0 saturated heterocycles. The summed E-state index contributed by atoms with van der Waals surface area (Å²) in [7, 11) is 1.39. The first kappa shape index (κ1) is 13.7. The van der Waals surface area contributed by atoms with Crippen LogP contribution in [0.2, 0.25) is 0 Å². The summed E-state index contributed by atoms with van der Waals surface area (Å²) in [4.78, 5) is 16.5. The molecule has 0 radical (unpaired) electrons. The van der Waals surface area contributed by atoms with Crippen molar-refractivity contribution in [1.82, 2.24) is 5.32 Å². The van der Waals surface area contributed by atoms with Crippen LogP contribution in [-0.2, 0) is 9.53 Å². The number of hydrogen-bond donors (Lipinski definition) is 1. The molecule has 1 aromatic rings. The van der Waals surface area contributed by atoms with Crippen LogP contribution in [0.5, 0.6) is 0 Å². The highest BCUT2D eigenvalue weighted by molar-refractivity contribution is 8.13. The fourth-order valence-electron chi connectivity index (χ4n) is 2.00. The van der Waals surface area contributed by atoms with E-state index < -0.39 is 0 Å². The molecule has 1 aromatic carbocycles. The number of rotatable bonds is 2. The SMILES string of the molecule is COC(=O)C1=C(C)NC(SC)=NC1c1ccccc1. The minimum Gasteiger partial charge on any atom is -0.466 e. The van der Waals surface area contributed by atoms with Crippen molar-refractivity contribution in [1.29, 1.82) is 0 Å². The van der Waals surface area contributed by atoms with Crippen LogP contribution in [0, 0.1) is 0 Å². The predicted molar refractivity (Wildman–Crippen MR) is 78.0 cm³/mol. The molecule has 0 aliphatic carbocycles. The first-order chi connectivity index (χ1) is 9.17. The Kier molecular flexibility index (Phi) is 4.27. The van der Waals surface area contributed by atoms with Crippen LogP contribution in [0.3, 0.4) is 0 Å². The molecule has 0 aromatic heterocycles. The normalized spacial score (nSPS) is 18.7. The topological polar surface area (TPSA) is 50.7 Å². The van der Waals surface area contributed by atoms with Crippen molar-refractivity contribution in [2.75, 3.05) is 13.4 Å². The Hall–Kier alpha value is -1.75. The molecule has 1 N–H and O–H groups in total. The summed E-state index contributed by atoms with van der Waals surface area (Å²) < 4.78 is 4.87. The van der Waals surface area contributed by atoms with Crippen molar-refractivity contribution in [3.63, 3.8) is 0 Å². The van der Waals surface area contributed by atoms with E-state index in [1.54, 1.807) is 0 Å². The maximum Gasteiger partial charge on any atom is 0.338 e. The molecule has 1 atom stereocenters. The van der Waals surface area contributed by atoms with Crippen LogP contribution in [0.15, 0.2) is 46.6 Å². The minimum absolute atomic E-state index is 0.308. The summed E-state index contributed by atoms with van der Waals surface area (Å²) in [5.41, 5.74) is 2.34. The van der Waals surface area contributed by atoms with Gasteiger partial charge in [-0.25, -0.2) is 9.79 Å². The average Bonchev–Trinajstić information content (AvgIpc) is 2.46. The van der Waals surface area contributed by atoms with E-state index in [4.69, 9.17) is 4.74 Å². The van der Waals surface area contributed by atoms with Crippen LogP contribution in [0.4, 0.5) is 0 Å². The molecule has 4 nitrogen and oxygen atoms in total. The van der Waals surface area contributed by atoms with Gasteiger partial charge in [-0.2, -0.15) is 0 Å². The van der Waals surface area contributed by atoms with Crippen molar-refractivity contribution in [2.45, 2.75) is 13.0 Å². The molecule has 0 amide bonds. The lowest BCUT2D eigenvalue weighted by atomic mass is 9.97. The Morgan fingerprint density at radius 1 is 1.37 bits per heavy atom. The lowest BCUT2D eigenvalue weighted by molar-refractivity contribution is -0.136. The number of nitrogens with one attached hydrogen (secondary N) is 1. The molecule has 19 heavy (non-hydrogen) atoms. The monoisotopic (exact) mass is 276 g/mol. The Morgan fingerprint density at radius 2 is 2.05 bits per heavy atom. The van der Waals surface area contributed by atoms with Crippen molar-refractivity contribution >= 4 is 22.9 Å². The number of carbonyl (C=O) groups is 1. The van der Waals surface area contributed by atoms with Gasteiger partial charge >= 0.3 is 5.97 Å². The molecular weight excluding hydrogens is 260 g/mol. The minimum atomic E-state index is -0.345. The number of carbonyl (C=O) groups excluding carboxylic acids is 1. The number of allylic oxidation sites excluding steroid dienone is 1. The number of methoxy groups -OCH3 is 1. The number of benzene rings is 1. The summed E-state index contributed by atoms with van der Waals surface area (Å²) in [6.45, 7) is 1.87. The fourth-order valence-corrected chi connectivity index (χ4v) is 2.47. The van der Waals surface area contributed by atoms with Gasteiger partial charge in [-0.05, 0) is 18.7 Å². The third-order valence-corrected chi connectivity index (χ3v) is 3.53. The molecule has 1 aliphatic heterocycles. The molecule has 1 unspecified atom stereocenters. The van der Waals surface area contributed by atoms with E-state index in [1.165, 1.54) is 18.9 Å². The highest BCUT2D eigenvalue weighted by atomic mass is 32.2. The van der Waals surface area contributed by atoms with E-state index in [2.05, 4.69) is 10.3 Å². The molecule has 100 valence electrons. The van der Waals surface area contributed by atoms with Crippen molar-refractivity contribution in [2.24, 2.45) is 4.99 Å². The first-order valence-corrected chi connectivity index (χ1v) is 7.12. The Balaban J connectivity index is 2.47. The van der Waals surface area contributed by atoms with E-state index >= 15 is 0 Å². The van der Waals surface area contributed by atoms with E-state index in [-0.39, 0.29) is 12.0 Å². The smallest absolute Gasteiger partial charge is 0.338 e. The third kappa shape index (κ3) is 2.81. The molecule has 1 aliphatic rings. The molecule has 0 saturated carbocycles. The molecule has 0 fully saturated rings. The number of thioether (sulfide) groups is 1. The summed E-state index contributed by atoms with van der Waals surface area (Å²) >= 11 is 1.52. The molecular formula is C14H16N2O2S. The maximum absolute atomic E-state index is 12.0. The van der Waals surface area contributed by atoms with Crippen LogP contribution in [-0.4, -0.2) is 24.5 Å². The van der Waals surface area contributed by atoms with Crippen molar-refractivity contribution < 1.29 is 9.53 Å². The van der Waals surface area contributed by atoms with Crippen molar-refractivity contribution in [3.8, 4) is 0 Å².